The first kappa shape index (κ1) is 43.3. The number of hydrogen-bond acceptors (Lipinski definition) is 14. The van der Waals surface area contributed by atoms with Gasteiger partial charge in [0.15, 0.2) is 0 Å². The van der Waals surface area contributed by atoms with Gasteiger partial charge >= 0.3 is 0 Å². The Morgan fingerprint density at radius 3 is 2.48 bits per heavy atom. The summed E-state index contributed by atoms with van der Waals surface area (Å²) in [5, 5.41) is 17.2. The minimum Gasteiger partial charge on any atom is -0.493 e. The minimum atomic E-state index is -0.246. The quantitative estimate of drug-likeness (QED) is 0.185. The standard InChI is InChI=1S/C45H63ClN10O4S/c1-26-27(2)61-45-41(26)42(50-38(23-40-48-18-21-58-40)43-54-51-28(3)56(43)45)30-4-9-33(10-5-30)59-25-29-16-19-55(20-17-29)39-15-14-37(52-53-39)44(57)49-32-7-12-34(13-8-32)60-35-11-6-31(24-47)36(46)22-35/h4-6,9-11,22,26-29,32,34,37-41,43,45,48,51-54H,7-8,12-21,23,25H2,1-3H3,(H,49,57)/t26?,27?,28?,32?,34?,37?,38-,39?,40?,41?,43?,45?/m0/s1. The van der Waals surface area contributed by atoms with E-state index in [1.807, 2.05) is 0 Å². The van der Waals surface area contributed by atoms with Crippen molar-refractivity contribution in [3.8, 4) is 17.6 Å². The Labute approximate surface area is 369 Å². The molecule has 0 spiro atoms. The Hall–Kier alpha value is -3.01. The number of carbonyl (C=O) groups is 1. The van der Waals surface area contributed by atoms with Crippen molar-refractivity contribution in [2.75, 3.05) is 32.8 Å². The molecule has 9 unspecified atom stereocenters. The summed E-state index contributed by atoms with van der Waals surface area (Å²) in [6.45, 7) is 11.4. The third-order valence-corrected chi connectivity index (χ3v) is 16.3. The second-order valence-corrected chi connectivity index (χ2v) is 20.1. The number of benzene rings is 2. The highest BCUT2D eigenvalue weighted by molar-refractivity contribution is 8.00. The molecule has 6 aliphatic heterocycles. The lowest BCUT2D eigenvalue weighted by atomic mass is 9.84. The first-order valence-corrected chi connectivity index (χ1v) is 24.0. The lowest BCUT2D eigenvalue weighted by molar-refractivity contribution is -0.125. The van der Waals surface area contributed by atoms with Crippen molar-refractivity contribution in [2.45, 2.75) is 138 Å². The Balaban J connectivity index is 0.717. The van der Waals surface area contributed by atoms with Gasteiger partial charge in [-0.3, -0.25) is 24.9 Å². The molecule has 6 N–H and O–H groups in total. The molecule has 6 heterocycles. The average molecular weight is 876 g/mol. The molecule has 6 fully saturated rings. The number of halogens is 1. The number of ether oxygens (including phenoxy) is 3. The third-order valence-electron chi connectivity index (χ3n) is 14.3. The van der Waals surface area contributed by atoms with E-state index >= 15 is 0 Å². The van der Waals surface area contributed by atoms with Crippen LogP contribution in [0.3, 0.4) is 0 Å². The number of rotatable bonds is 11. The normalized spacial score (nSPS) is 36.0. The molecule has 2 aromatic carbocycles. The van der Waals surface area contributed by atoms with Crippen molar-refractivity contribution in [3.05, 3.63) is 58.6 Å². The third kappa shape index (κ3) is 9.74. The van der Waals surface area contributed by atoms with Gasteiger partial charge in [-0.1, -0.05) is 25.4 Å². The Morgan fingerprint density at radius 2 is 1.77 bits per heavy atom. The van der Waals surface area contributed by atoms with E-state index in [1.54, 1.807) is 18.2 Å². The van der Waals surface area contributed by atoms with E-state index in [0.717, 1.165) is 89.8 Å². The Morgan fingerprint density at radius 1 is 0.984 bits per heavy atom. The molecule has 0 bridgehead atoms. The fraction of sp³-hybridized carbons (Fsp3) is 0.667. The van der Waals surface area contributed by atoms with E-state index in [9.17, 15) is 4.79 Å². The highest BCUT2D eigenvalue weighted by atomic mass is 35.5. The second-order valence-electron chi connectivity index (χ2n) is 18.2. The fourth-order valence-electron chi connectivity index (χ4n) is 10.5. The van der Waals surface area contributed by atoms with Gasteiger partial charge < -0.3 is 19.5 Å². The molecule has 1 amide bonds. The summed E-state index contributed by atoms with van der Waals surface area (Å²) in [5.41, 5.74) is 16.8. The number of nitrogens with zero attached hydrogens (tertiary/aromatic N) is 4. The monoisotopic (exact) mass is 874 g/mol. The van der Waals surface area contributed by atoms with Crippen molar-refractivity contribution >= 4 is 35.0 Å². The maximum absolute atomic E-state index is 13.2. The molecule has 10 atom stereocenters. The highest BCUT2D eigenvalue weighted by Crippen LogP contribution is 2.49. The number of aliphatic imine (C=N–C) groups is 1. The lowest BCUT2D eigenvalue weighted by Crippen LogP contribution is -2.63. The molecule has 0 aromatic heterocycles. The number of amides is 1. The van der Waals surface area contributed by atoms with Gasteiger partial charge in [-0.15, -0.1) is 11.8 Å². The van der Waals surface area contributed by atoms with Crippen LogP contribution in [0.2, 0.25) is 5.02 Å². The van der Waals surface area contributed by atoms with Crippen LogP contribution in [0.25, 0.3) is 0 Å². The number of hydrazine groups is 2. The zero-order valence-corrected chi connectivity index (χ0v) is 37.2. The van der Waals surface area contributed by atoms with Crippen LogP contribution < -0.4 is 41.8 Å². The Bertz CT molecular complexity index is 1890. The number of hydrogen-bond donors (Lipinski definition) is 6. The second kappa shape index (κ2) is 19.4. The minimum absolute atomic E-state index is 0.0225. The van der Waals surface area contributed by atoms with E-state index < -0.39 is 0 Å². The molecule has 14 nitrogen and oxygen atoms in total. The average Bonchev–Trinajstić information content (AvgIpc) is 3.99. The summed E-state index contributed by atoms with van der Waals surface area (Å²) in [7, 11) is 0. The van der Waals surface area contributed by atoms with Gasteiger partial charge in [0.1, 0.15) is 29.8 Å². The maximum Gasteiger partial charge on any atom is 0.238 e. The van der Waals surface area contributed by atoms with E-state index in [-0.39, 0.29) is 54.9 Å². The summed E-state index contributed by atoms with van der Waals surface area (Å²) in [5.74, 6) is 2.98. The predicted molar refractivity (Wildman–Crippen MR) is 238 cm³/mol. The molecule has 0 radical (unpaired) electrons. The van der Waals surface area contributed by atoms with Crippen LogP contribution in [0.1, 0.15) is 89.7 Å². The maximum atomic E-state index is 13.2. The molecular weight excluding hydrogens is 812 g/mol. The zero-order chi connectivity index (χ0) is 42.0. The van der Waals surface area contributed by atoms with Gasteiger partial charge in [0, 0.05) is 55.0 Å². The van der Waals surface area contributed by atoms with Crippen LogP contribution in [-0.2, 0) is 9.53 Å². The molecule has 1 saturated carbocycles. The molecule has 1 aliphatic carbocycles. The highest BCUT2D eigenvalue weighted by Gasteiger charge is 2.53. The number of nitriles is 1. The van der Waals surface area contributed by atoms with Crippen molar-refractivity contribution < 1.29 is 19.0 Å². The first-order valence-electron chi connectivity index (χ1n) is 22.7. The van der Waals surface area contributed by atoms with Crippen molar-refractivity contribution in [2.24, 2.45) is 22.7 Å². The topological polar surface area (TPSA) is 160 Å². The number of thioether (sulfide) groups is 1. The number of carbonyl (C=O) groups excluding carboxylic acids is 1. The van der Waals surface area contributed by atoms with Crippen molar-refractivity contribution in [1.82, 2.24) is 42.1 Å². The molecule has 2 aromatic rings. The molecule has 16 heteroatoms. The van der Waals surface area contributed by atoms with Gasteiger partial charge in [-0.2, -0.15) is 5.26 Å². The summed E-state index contributed by atoms with van der Waals surface area (Å²) < 4.78 is 18.6. The van der Waals surface area contributed by atoms with Crippen LogP contribution in [0.4, 0.5) is 0 Å². The smallest absolute Gasteiger partial charge is 0.238 e. The number of likely N-dealkylation sites (tertiary alicyclic amines) is 1. The Kier molecular flexibility index (Phi) is 13.7. The van der Waals surface area contributed by atoms with Crippen LogP contribution in [0, 0.1) is 29.1 Å². The number of piperidine rings is 1. The van der Waals surface area contributed by atoms with Crippen molar-refractivity contribution in [1.29, 1.82) is 5.26 Å². The molecular formula is C45H63ClN10O4S. The van der Waals surface area contributed by atoms with Gasteiger partial charge in [-0.25, -0.2) is 21.7 Å². The van der Waals surface area contributed by atoms with Crippen molar-refractivity contribution in [3.63, 3.8) is 0 Å². The van der Waals surface area contributed by atoms with E-state index in [1.165, 1.54) is 11.3 Å². The lowest BCUT2D eigenvalue weighted by Gasteiger charge is -2.41. The predicted octanol–water partition coefficient (Wildman–Crippen LogP) is 4.69. The SMILES string of the molecule is CC1SC2C(C(c3ccc(OCC4CCN(C5CCC(C(=O)NC6CCC(Oc7ccc(C#N)c(Cl)c7)CC6)NN5)CC4)cc3)=N[C@@H](CC3NCCO3)C3NNC(C)N23)C1C. The number of nitrogens with one attached hydrogen (secondary N) is 6. The molecule has 61 heavy (non-hydrogen) atoms. The van der Waals surface area contributed by atoms with Crippen LogP contribution in [0.15, 0.2) is 47.5 Å². The van der Waals surface area contributed by atoms with E-state index in [4.69, 9.17) is 36.1 Å². The zero-order valence-electron chi connectivity index (χ0n) is 35.7. The van der Waals surface area contributed by atoms with Gasteiger partial charge in [0.2, 0.25) is 5.91 Å². The summed E-state index contributed by atoms with van der Waals surface area (Å²) >= 11 is 8.28. The molecule has 9 rings (SSSR count). The molecule has 330 valence electrons. The van der Waals surface area contributed by atoms with Crippen LogP contribution in [-0.4, -0.2) is 114 Å². The van der Waals surface area contributed by atoms with Gasteiger partial charge in [0.25, 0.3) is 0 Å². The largest absolute Gasteiger partial charge is 0.493 e. The van der Waals surface area contributed by atoms with E-state index in [2.05, 4.69) is 105 Å². The molecule has 7 aliphatic rings. The summed E-state index contributed by atoms with van der Waals surface area (Å²) in [6, 6.07) is 16.0. The van der Waals surface area contributed by atoms with Crippen LogP contribution >= 0.6 is 23.4 Å². The summed E-state index contributed by atoms with van der Waals surface area (Å²) in [4.78, 5) is 24.0. The molecule has 5 saturated heterocycles. The van der Waals surface area contributed by atoms with Gasteiger partial charge in [0.05, 0.1) is 59.8 Å². The van der Waals surface area contributed by atoms with E-state index in [0.29, 0.717) is 51.3 Å². The van der Waals surface area contributed by atoms with Gasteiger partial charge in [-0.05, 0) is 112 Å². The van der Waals surface area contributed by atoms with Crippen LogP contribution in [0.5, 0.6) is 11.5 Å². The summed E-state index contributed by atoms with van der Waals surface area (Å²) in [6.07, 6.45) is 8.78. The number of fused-ring (bicyclic) bond motifs is 3. The fourth-order valence-corrected chi connectivity index (χ4v) is 12.6. The first-order chi connectivity index (χ1) is 29.7.